The summed E-state index contributed by atoms with van der Waals surface area (Å²) in [5.74, 6) is 1.67. The molecular weight excluding hydrogens is 288 g/mol. The highest BCUT2D eigenvalue weighted by atomic mass is 16.2. The summed E-state index contributed by atoms with van der Waals surface area (Å²) < 4.78 is 0. The zero-order valence-electron chi connectivity index (χ0n) is 13.9. The van der Waals surface area contributed by atoms with E-state index >= 15 is 0 Å². The van der Waals surface area contributed by atoms with Gasteiger partial charge in [0.1, 0.15) is 0 Å². The fraction of sp³-hybridized carbons (Fsp3) is 0.778. The summed E-state index contributed by atoms with van der Waals surface area (Å²) in [7, 11) is 0. The van der Waals surface area contributed by atoms with Crippen LogP contribution in [0, 0.1) is 11.3 Å². The Bertz CT molecular complexity index is 553. The van der Waals surface area contributed by atoms with Gasteiger partial charge in [-0.15, -0.1) is 0 Å². The van der Waals surface area contributed by atoms with E-state index in [0.29, 0.717) is 11.7 Å². The Hall–Kier alpha value is -1.36. The van der Waals surface area contributed by atoms with E-state index in [1.807, 2.05) is 0 Å². The maximum Gasteiger partial charge on any atom is 0.229 e. The second kappa shape index (κ2) is 6.27. The van der Waals surface area contributed by atoms with Crippen molar-refractivity contribution < 1.29 is 4.79 Å². The Morgan fingerprint density at radius 2 is 1.91 bits per heavy atom. The number of piperidine rings is 1. The van der Waals surface area contributed by atoms with Gasteiger partial charge in [0.2, 0.25) is 5.91 Å². The van der Waals surface area contributed by atoms with Crippen LogP contribution in [0.1, 0.15) is 69.4 Å². The Labute approximate surface area is 138 Å². The van der Waals surface area contributed by atoms with Gasteiger partial charge in [0, 0.05) is 23.6 Å². The van der Waals surface area contributed by atoms with Gasteiger partial charge in [0.15, 0.2) is 5.82 Å². The molecule has 3 aliphatic rings. The third kappa shape index (κ3) is 3.16. The summed E-state index contributed by atoms with van der Waals surface area (Å²) in [6, 6.07) is 2.06. The number of nitrogens with zero attached hydrogens (tertiary/aromatic N) is 1. The van der Waals surface area contributed by atoms with Crippen LogP contribution in [0.15, 0.2) is 6.07 Å². The number of rotatable bonds is 3. The van der Waals surface area contributed by atoms with Crippen molar-refractivity contribution in [3.05, 3.63) is 11.8 Å². The van der Waals surface area contributed by atoms with Gasteiger partial charge in [-0.1, -0.05) is 25.7 Å². The van der Waals surface area contributed by atoms with Crippen LogP contribution in [0.25, 0.3) is 0 Å². The van der Waals surface area contributed by atoms with Crippen LogP contribution in [0.2, 0.25) is 0 Å². The molecule has 4 rings (SSSR count). The van der Waals surface area contributed by atoms with Crippen molar-refractivity contribution in [3.8, 4) is 0 Å². The van der Waals surface area contributed by atoms with Gasteiger partial charge in [-0.3, -0.25) is 9.89 Å². The number of nitrogens with one attached hydrogen (secondary N) is 3. The number of hydrogen-bond acceptors (Lipinski definition) is 3. The first kappa shape index (κ1) is 15.2. The molecule has 2 saturated carbocycles. The highest BCUT2D eigenvalue weighted by molar-refractivity contribution is 5.94. The zero-order valence-corrected chi connectivity index (χ0v) is 13.9. The minimum absolute atomic E-state index is 0.172. The van der Waals surface area contributed by atoms with Crippen LogP contribution < -0.4 is 10.6 Å². The topological polar surface area (TPSA) is 69.8 Å². The molecule has 1 aromatic rings. The lowest BCUT2D eigenvalue weighted by Gasteiger charge is -2.23. The predicted molar refractivity (Wildman–Crippen MR) is 90.3 cm³/mol. The van der Waals surface area contributed by atoms with E-state index in [9.17, 15) is 4.79 Å². The van der Waals surface area contributed by atoms with Crippen molar-refractivity contribution in [3.63, 3.8) is 0 Å². The highest BCUT2D eigenvalue weighted by Gasteiger charge is 2.57. The zero-order chi connectivity index (χ0) is 15.7. The van der Waals surface area contributed by atoms with Crippen molar-refractivity contribution in [1.82, 2.24) is 15.5 Å². The van der Waals surface area contributed by atoms with Crippen LogP contribution >= 0.6 is 0 Å². The quantitative estimate of drug-likeness (QED) is 0.750. The first-order chi connectivity index (χ1) is 11.3. The predicted octanol–water partition coefficient (Wildman–Crippen LogP) is 3.18. The molecule has 1 spiro atoms. The van der Waals surface area contributed by atoms with E-state index in [1.54, 1.807) is 0 Å². The number of aromatic amines is 1. The molecule has 2 aliphatic carbocycles. The molecule has 1 aliphatic heterocycles. The van der Waals surface area contributed by atoms with Crippen LogP contribution in [-0.4, -0.2) is 29.2 Å². The van der Waals surface area contributed by atoms with Crippen molar-refractivity contribution in [2.24, 2.45) is 11.3 Å². The minimum Gasteiger partial charge on any atom is -0.317 e. The molecule has 3 N–H and O–H groups in total. The van der Waals surface area contributed by atoms with Crippen LogP contribution in [-0.2, 0) is 4.79 Å². The largest absolute Gasteiger partial charge is 0.317 e. The number of amides is 1. The summed E-state index contributed by atoms with van der Waals surface area (Å²) in [6.45, 7) is 2.11. The molecular formula is C18H28N4O. The van der Waals surface area contributed by atoms with Crippen LogP contribution in [0.3, 0.4) is 0 Å². The average Bonchev–Trinajstić information content (AvgIpc) is 3.17. The molecule has 1 unspecified atom stereocenters. The van der Waals surface area contributed by atoms with E-state index < -0.39 is 0 Å². The molecule has 0 radical (unpaired) electrons. The molecule has 3 fully saturated rings. The molecule has 1 saturated heterocycles. The summed E-state index contributed by atoms with van der Waals surface area (Å²) in [5.41, 5.74) is 1.49. The molecule has 1 atom stereocenters. The van der Waals surface area contributed by atoms with Crippen molar-refractivity contribution in [1.29, 1.82) is 0 Å². The number of hydrogen-bond donors (Lipinski definition) is 3. The van der Waals surface area contributed by atoms with E-state index in [0.717, 1.165) is 32.4 Å². The number of H-pyrrole nitrogens is 1. The molecule has 1 amide bonds. The van der Waals surface area contributed by atoms with E-state index in [2.05, 4.69) is 26.9 Å². The van der Waals surface area contributed by atoms with Gasteiger partial charge in [0.05, 0.1) is 0 Å². The Morgan fingerprint density at radius 1 is 1.17 bits per heavy atom. The van der Waals surface area contributed by atoms with Crippen molar-refractivity contribution in [2.75, 3.05) is 18.4 Å². The number of carbonyl (C=O) groups is 1. The second-order valence-corrected chi connectivity index (χ2v) is 7.76. The lowest BCUT2D eigenvalue weighted by molar-refractivity contribution is -0.118. The summed E-state index contributed by atoms with van der Waals surface area (Å²) in [6.07, 6.45) is 11.1. The molecule has 0 bridgehead atoms. The average molecular weight is 316 g/mol. The SMILES string of the molecule is O=C(Nc1cc(C2CCCCCC2)[nH]n1)C1CC12CCNCC2. The van der Waals surface area contributed by atoms with E-state index in [-0.39, 0.29) is 17.2 Å². The Kier molecular flexibility index (Phi) is 4.14. The van der Waals surface area contributed by atoms with Gasteiger partial charge in [0.25, 0.3) is 0 Å². The van der Waals surface area contributed by atoms with E-state index in [4.69, 9.17) is 0 Å². The molecule has 0 aromatic carbocycles. The summed E-state index contributed by atoms with van der Waals surface area (Å²) >= 11 is 0. The van der Waals surface area contributed by atoms with Crippen molar-refractivity contribution in [2.45, 2.75) is 63.7 Å². The fourth-order valence-corrected chi connectivity index (χ4v) is 4.61. The number of anilines is 1. The molecule has 2 heterocycles. The van der Waals surface area contributed by atoms with Gasteiger partial charge in [-0.05, 0) is 50.6 Å². The number of carbonyl (C=O) groups excluding carboxylic acids is 1. The lowest BCUT2D eigenvalue weighted by atomic mass is 9.92. The molecule has 1 aromatic heterocycles. The fourth-order valence-electron chi connectivity index (χ4n) is 4.61. The summed E-state index contributed by atoms with van der Waals surface area (Å²) in [4.78, 5) is 12.5. The minimum atomic E-state index is 0.172. The van der Waals surface area contributed by atoms with Crippen LogP contribution in [0.5, 0.6) is 0 Å². The molecule has 23 heavy (non-hydrogen) atoms. The Morgan fingerprint density at radius 3 is 2.65 bits per heavy atom. The molecule has 5 heteroatoms. The number of aromatic nitrogens is 2. The van der Waals surface area contributed by atoms with Gasteiger partial charge in [-0.2, -0.15) is 5.10 Å². The van der Waals surface area contributed by atoms with Crippen molar-refractivity contribution >= 4 is 11.7 Å². The molecule has 5 nitrogen and oxygen atoms in total. The standard InChI is InChI=1S/C18H28N4O/c23-17(14-12-18(14)7-9-19-10-8-18)20-16-11-15(21-22-16)13-5-3-1-2-4-6-13/h11,13-14,19H,1-10,12H2,(H2,20,21,22,23). The lowest BCUT2D eigenvalue weighted by Crippen LogP contribution is -2.31. The van der Waals surface area contributed by atoms with Crippen LogP contribution in [0.4, 0.5) is 5.82 Å². The molecule has 126 valence electrons. The second-order valence-electron chi connectivity index (χ2n) is 7.76. The first-order valence-electron chi connectivity index (χ1n) is 9.34. The first-order valence-corrected chi connectivity index (χ1v) is 9.34. The highest BCUT2D eigenvalue weighted by Crippen LogP contribution is 2.58. The normalized spacial score (nSPS) is 27.6. The van der Waals surface area contributed by atoms with Gasteiger partial charge < -0.3 is 10.6 Å². The summed E-state index contributed by atoms with van der Waals surface area (Å²) in [5, 5.41) is 13.9. The third-order valence-corrected chi connectivity index (χ3v) is 6.25. The Balaban J connectivity index is 1.35. The van der Waals surface area contributed by atoms with Gasteiger partial charge >= 0.3 is 0 Å². The third-order valence-electron chi connectivity index (χ3n) is 6.25. The van der Waals surface area contributed by atoms with E-state index in [1.165, 1.54) is 44.2 Å². The van der Waals surface area contributed by atoms with Gasteiger partial charge in [-0.25, -0.2) is 0 Å². The maximum atomic E-state index is 12.5. The smallest absolute Gasteiger partial charge is 0.229 e. The monoisotopic (exact) mass is 316 g/mol. The maximum absolute atomic E-state index is 12.5.